The molecule has 1 aliphatic rings. The highest BCUT2D eigenvalue weighted by molar-refractivity contribution is 5.69. The second-order valence-electron chi connectivity index (χ2n) is 7.53. The molecule has 0 radical (unpaired) electrons. The number of hydrogen-bond acceptors (Lipinski definition) is 3. The van der Waals surface area contributed by atoms with E-state index in [0.29, 0.717) is 13.2 Å². The summed E-state index contributed by atoms with van der Waals surface area (Å²) in [6.07, 6.45) is 0.850. The monoisotopic (exact) mass is 387 g/mol. The van der Waals surface area contributed by atoms with Crippen LogP contribution in [0.2, 0.25) is 0 Å². The third-order valence-electron chi connectivity index (χ3n) is 5.55. The summed E-state index contributed by atoms with van der Waals surface area (Å²) in [5, 5.41) is 8.99. The predicted molar refractivity (Wildman–Crippen MR) is 114 cm³/mol. The number of ether oxygens (including phenoxy) is 1. The molecule has 148 valence electrons. The Morgan fingerprint density at radius 1 is 1.03 bits per heavy atom. The van der Waals surface area contributed by atoms with Gasteiger partial charge in [0.15, 0.2) is 0 Å². The van der Waals surface area contributed by atoms with Gasteiger partial charge in [-0.3, -0.25) is 9.69 Å². The van der Waals surface area contributed by atoms with E-state index in [1.807, 2.05) is 17.0 Å². The molecule has 0 unspecified atom stereocenters. The molecule has 0 fully saturated rings. The third-order valence-corrected chi connectivity index (χ3v) is 5.55. The zero-order valence-electron chi connectivity index (χ0n) is 16.6. The van der Waals surface area contributed by atoms with Crippen LogP contribution >= 0.6 is 0 Å². The Morgan fingerprint density at radius 2 is 1.86 bits per heavy atom. The van der Waals surface area contributed by atoms with Gasteiger partial charge in [-0.1, -0.05) is 54.6 Å². The Bertz CT molecular complexity index is 1010. The minimum absolute atomic E-state index is 0.0920. The molecule has 0 atom stereocenters. The van der Waals surface area contributed by atoms with Crippen LogP contribution in [0.25, 0.3) is 11.1 Å². The van der Waals surface area contributed by atoms with Crippen LogP contribution in [0.4, 0.5) is 0 Å². The molecule has 3 aromatic rings. The van der Waals surface area contributed by atoms with Gasteiger partial charge in [-0.05, 0) is 58.9 Å². The van der Waals surface area contributed by atoms with Crippen molar-refractivity contribution in [2.45, 2.75) is 26.5 Å². The highest BCUT2D eigenvalue weighted by Crippen LogP contribution is 2.28. The van der Waals surface area contributed by atoms with Gasteiger partial charge >= 0.3 is 5.97 Å². The van der Waals surface area contributed by atoms with E-state index >= 15 is 0 Å². The molecule has 1 heterocycles. The fourth-order valence-corrected chi connectivity index (χ4v) is 3.94. The first-order valence-corrected chi connectivity index (χ1v) is 9.93. The molecule has 0 aromatic heterocycles. The van der Waals surface area contributed by atoms with Crippen molar-refractivity contribution >= 4 is 5.97 Å². The van der Waals surface area contributed by atoms with E-state index in [1.165, 1.54) is 33.4 Å². The molecule has 0 saturated heterocycles. The lowest BCUT2D eigenvalue weighted by Crippen LogP contribution is -2.34. The molecular weight excluding hydrogens is 362 g/mol. The first-order valence-electron chi connectivity index (χ1n) is 9.93. The molecule has 1 N–H and O–H groups in total. The smallest absolute Gasteiger partial charge is 0.317 e. The van der Waals surface area contributed by atoms with Crippen molar-refractivity contribution in [2.75, 3.05) is 13.1 Å². The number of hydrogen-bond donors (Lipinski definition) is 1. The Labute approximate surface area is 171 Å². The van der Waals surface area contributed by atoms with Crippen LogP contribution in [0.1, 0.15) is 22.3 Å². The molecular formula is C25H25NO3. The Balaban J connectivity index is 1.46. The van der Waals surface area contributed by atoms with Gasteiger partial charge in [0.05, 0.1) is 6.54 Å². The van der Waals surface area contributed by atoms with Gasteiger partial charge in [-0.15, -0.1) is 0 Å². The summed E-state index contributed by atoms with van der Waals surface area (Å²) in [4.78, 5) is 12.9. The number of nitrogens with zero attached hydrogens (tertiary/aromatic N) is 1. The lowest BCUT2D eigenvalue weighted by atomic mass is 9.97. The molecule has 0 bridgehead atoms. The first kappa shape index (κ1) is 19.2. The Hall–Kier alpha value is -3.11. The second kappa shape index (κ2) is 8.50. The molecule has 1 aliphatic heterocycles. The van der Waals surface area contributed by atoms with E-state index < -0.39 is 5.97 Å². The quantitative estimate of drug-likeness (QED) is 0.667. The maximum absolute atomic E-state index is 10.9. The van der Waals surface area contributed by atoms with E-state index in [4.69, 9.17) is 9.84 Å². The van der Waals surface area contributed by atoms with Gasteiger partial charge in [-0.2, -0.15) is 0 Å². The van der Waals surface area contributed by atoms with Crippen LogP contribution in [-0.4, -0.2) is 29.1 Å². The minimum atomic E-state index is -0.776. The molecule has 29 heavy (non-hydrogen) atoms. The predicted octanol–water partition coefficient (Wildman–Crippen LogP) is 4.68. The fraction of sp³-hybridized carbons (Fsp3) is 0.240. The summed E-state index contributed by atoms with van der Waals surface area (Å²) in [6.45, 7) is 4.21. The molecule has 0 spiro atoms. The molecule has 0 aliphatic carbocycles. The largest absolute Gasteiger partial charge is 0.489 e. The van der Waals surface area contributed by atoms with E-state index in [9.17, 15) is 4.79 Å². The molecule has 0 amide bonds. The Kier molecular flexibility index (Phi) is 5.63. The van der Waals surface area contributed by atoms with Crippen LogP contribution in [0, 0.1) is 6.92 Å². The maximum Gasteiger partial charge on any atom is 0.317 e. The lowest BCUT2D eigenvalue weighted by molar-refractivity contribution is -0.138. The van der Waals surface area contributed by atoms with Crippen molar-refractivity contribution in [3.05, 3.63) is 89.0 Å². The van der Waals surface area contributed by atoms with Crippen LogP contribution in [-0.2, 0) is 24.4 Å². The second-order valence-corrected chi connectivity index (χ2v) is 7.53. The van der Waals surface area contributed by atoms with E-state index in [-0.39, 0.29) is 6.54 Å². The maximum atomic E-state index is 10.9. The average molecular weight is 387 g/mol. The average Bonchev–Trinajstić information content (AvgIpc) is 2.73. The van der Waals surface area contributed by atoms with Crippen molar-refractivity contribution in [3.63, 3.8) is 0 Å². The van der Waals surface area contributed by atoms with Crippen LogP contribution < -0.4 is 4.74 Å². The number of fused-ring (bicyclic) bond motifs is 1. The number of carboxylic acid groups (broad SMARTS) is 1. The normalized spacial score (nSPS) is 13.7. The first-order chi connectivity index (χ1) is 14.1. The summed E-state index contributed by atoms with van der Waals surface area (Å²) < 4.78 is 6.11. The Morgan fingerprint density at radius 3 is 2.66 bits per heavy atom. The van der Waals surface area contributed by atoms with Crippen molar-refractivity contribution < 1.29 is 14.6 Å². The van der Waals surface area contributed by atoms with Crippen LogP contribution in [0.3, 0.4) is 0 Å². The van der Waals surface area contributed by atoms with Gasteiger partial charge in [-0.25, -0.2) is 0 Å². The SMILES string of the molecule is Cc1c(COc2ccc3c(c2)CCN(CC(=O)O)C3)cccc1-c1ccccc1. The van der Waals surface area contributed by atoms with Gasteiger partial charge in [0.1, 0.15) is 12.4 Å². The number of carbonyl (C=O) groups is 1. The highest BCUT2D eigenvalue weighted by Gasteiger charge is 2.18. The van der Waals surface area contributed by atoms with Crippen molar-refractivity contribution in [2.24, 2.45) is 0 Å². The van der Waals surface area contributed by atoms with Crippen LogP contribution in [0.15, 0.2) is 66.7 Å². The third kappa shape index (κ3) is 4.49. The molecule has 4 nitrogen and oxygen atoms in total. The molecule has 4 heteroatoms. The van der Waals surface area contributed by atoms with Gasteiger partial charge in [0.2, 0.25) is 0 Å². The summed E-state index contributed by atoms with van der Waals surface area (Å²) >= 11 is 0. The number of carboxylic acids is 1. The summed E-state index contributed by atoms with van der Waals surface area (Å²) in [5.41, 5.74) is 7.30. The molecule has 0 saturated carbocycles. The van der Waals surface area contributed by atoms with Crippen LogP contribution in [0.5, 0.6) is 5.75 Å². The summed E-state index contributed by atoms with van der Waals surface area (Å²) in [6, 6.07) is 22.9. The minimum Gasteiger partial charge on any atom is -0.489 e. The summed E-state index contributed by atoms with van der Waals surface area (Å²) in [7, 11) is 0. The van der Waals surface area contributed by atoms with E-state index in [2.05, 4.69) is 61.5 Å². The number of benzene rings is 3. The fourth-order valence-electron chi connectivity index (χ4n) is 3.94. The van der Waals surface area contributed by atoms with Gasteiger partial charge in [0, 0.05) is 13.1 Å². The highest BCUT2D eigenvalue weighted by atomic mass is 16.5. The van der Waals surface area contributed by atoms with Crippen molar-refractivity contribution in [1.29, 1.82) is 0 Å². The standard InChI is InChI=1S/C25H25NO3/c1-18-22(8-5-9-24(18)19-6-3-2-4-7-19)17-29-23-11-10-21-15-26(16-25(27)28)13-12-20(21)14-23/h2-11,14H,12-13,15-17H2,1H3,(H,27,28). The van der Waals surface area contributed by atoms with E-state index in [1.54, 1.807) is 0 Å². The van der Waals surface area contributed by atoms with Crippen molar-refractivity contribution in [1.82, 2.24) is 4.90 Å². The zero-order valence-corrected chi connectivity index (χ0v) is 16.6. The summed E-state index contributed by atoms with van der Waals surface area (Å²) in [5.74, 6) is 0.0847. The number of aliphatic carboxylic acids is 1. The zero-order chi connectivity index (χ0) is 20.2. The van der Waals surface area contributed by atoms with Crippen molar-refractivity contribution in [3.8, 4) is 16.9 Å². The van der Waals surface area contributed by atoms with Gasteiger partial charge in [0.25, 0.3) is 0 Å². The molecule has 3 aromatic carbocycles. The lowest BCUT2D eigenvalue weighted by Gasteiger charge is -2.27. The molecule has 4 rings (SSSR count). The van der Waals surface area contributed by atoms with E-state index in [0.717, 1.165) is 18.7 Å². The van der Waals surface area contributed by atoms with Gasteiger partial charge < -0.3 is 9.84 Å². The topological polar surface area (TPSA) is 49.8 Å². The number of rotatable bonds is 6.